The predicted octanol–water partition coefficient (Wildman–Crippen LogP) is -0.229. The minimum absolute atomic E-state index is 0.0117. The normalized spacial score (nSPS) is 14.6. The first-order valence-corrected chi connectivity index (χ1v) is 9.54. The summed E-state index contributed by atoms with van der Waals surface area (Å²) in [4.78, 5) is 52.4. The number of piperazine rings is 1. The molecular formula is C17H22N4O5S. The van der Waals surface area contributed by atoms with Crippen molar-refractivity contribution >= 4 is 33.4 Å². The van der Waals surface area contributed by atoms with Gasteiger partial charge in [-0.15, -0.1) is 11.3 Å². The summed E-state index contributed by atoms with van der Waals surface area (Å²) in [6, 6.07) is 0. The van der Waals surface area contributed by atoms with Crippen LogP contribution in [0.4, 0.5) is 0 Å². The van der Waals surface area contributed by atoms with Gasteiger partial charge in [0.05, 0.1) is 30.0 Å². The number of rotatable bonds is 5. The molecule has 3 heterocycles. The third-order valence-corrected chi connectivity index (χ3v) is 5.95. The van der Waals surface area contributed by atoms with Gasteiger partial charge in [-0.2, -0.15) is 0 Å². The fourth-order valence-corrected chi connectivity index (χ4v) is 4.50. The highest BCUT2D eigenvalue weighted by atomic mass is 32.1. The number of methoxy groups -OCH3 is 1. The molecule has 0 aromatic carbocycles. The Bertz CT molecular complexity index is 1020. The summed E-state index contributed by atoms with van der Waals surface area (Å²) < 4.78 is 7.74. The molecule has 0 atom stereocenters. The zero-order chi connectivity index (χ0) is 19.7. The maximum atomic E-state index is 12.9. The lowest BCUT2D eigenvalue weighted by Gasteiger charge is -2.26. The number of nitrogens with one attached hydrogen (secondary N) is 1. The predicted molar refractivity (Wildman–Crippen MR) is 102 cm³/mol. The zero-order valence-electron chi connectivity index (χ0n) is 15.5. The molecule has 0 radical (unpaired) electrons. The molecule has 146 valence electrons. The van der Waals surface area contributed by atoms with E-state index in [1.165, 1.54) is 21.1 Å². The number of hydrogen-bond acceptors (Lipinski definition) is 6. The molecule has 0 spiro atoms. The van der Waals surface area contributed by atoms with Crippen LogP contribution in [0.5, 0.6) is 0 Å². The molecule has 9 nitrogen and oxygen atoms in total. The van der Waals surface area contributed by atoms with E-state index < -0.39 is 11.2 Å². The summed E-state index contributed by atoms with van der Waals surface area (Å²) in [5.74, 6) is -0.504. The molecule has 2 amide bonds. The van der Waals surface area contributed by atoms with Gasteiger partial charge >= 0.3 is 5.69 Å². The number of ether oxygens (including phenoxy) is 1. The van der Waals surface area contributed by atoms with Crippen LogP contribution >= 0.6 is 11.3 Å². The van der Waals surface area contributed by atoms with Gasteiger partial charge in [-0.1, -0.05) is 0 Å². The summed E-state index contributed by atoms with van der Waals surface area (Å²) in [5, 5.41) is 3.06. The third kappa shape index (κ3) is 3.30. The lowest BCUT2D eigenvalue weighted by atomic mass is 10.2. The van der Waals surface area contributed by atoms with E-state index in [0.29, 0.717) is 40.4 Å². The van der Waals surface area contributed by atoms with Crippen molar-refractivity contribution in [3.8, 4) is 0 Å². The van der Waals surface area contributed by atoms with Gasteiger partial charge in [-0.3, -0.25) is 23.5 Å². The fraction of sp³-hybridized carbons (Fsp3) is 0.529. The molecule has 2 aromatic rings. The first kappa shape index (κ1) is 19.3. The average molecular weight is 394 g/mol. The van der Waals surface area contributed by atoms with E-state index in [1.807, 2.05) is 0 Å². The lowest BCUT2D eigenvalue weighted by Crippen LogP contribution is -2.49. The van der Waals surface area contributed by atoms with Crippen LogP contribution in [0.25, 0.3) is 10.2 Å². The van der Waals surface area contributed by atoms with Crippen molar-refractivity contribution in [3.63, 3.8) is 0 Å². The number of aromatic nitrogens is 2. The Hall–Kier alpha value is -2.46. The molecule has 10 heteroatoms. The minimum Gasteiger partial charge on any atom is -0.383 e. The van der Waals surface area contributed by atoms with Crippen LogP contribution in [0, 0.1) is 6.92 Å². The molecule has 0 aliphatic carbocycles. The van der Waals surface area contributed by atoms with Crippen LogP contribution in [0.2, 0.25) is 0 Å². The molecular weight excluding hydrogens is 372 g/mol. The standard InChI is InChI=1S/C17H22N4O5S/c1-4-20-14(23)12-10(2)13(15(24)19-6-5-18-11(22)9-19)27-16(12)21(17(20)25)7-8-26-3/h4-9H2,1-3H3,(H,18,22). The molecule has 27 heavy (non-hydrogen) atoms. The monoisotopic (exact) mass is 394 g/mol. The van der Waals surface area contributed by atoms with Crippen molar-refractivity contribution in [3.05, 3.63) is 31.3 Å². The first-order chi connectivity index (χ1) is 12.9. The van der Waals surface area contributed by atoms with Crippen molar-refractivity contribution in [2.75, 3.05) is 33.4 Å². The SMILES string of the molecule is CCn1c(=O)c2c(C)c(C(=O)N3CCNC(=O)C3)sc2n(CCOC)c1=O. The van der Waals surface area contributed by atoms with E-state index in [2.05, 4.69) is 5.32 Å². The lowest BCUT2D eigenvalue weighted by molar-refractivity contribution is -0.123. The van der Waals surface area contributed by atoms with Gasteiger partial charge in [0, 0.05) is 26.7 Å². The molecule has 0 unspecified atom stereocenters. The van der Waals surface area contributed by atoms with Crippen LogP contribution in [0.1, 0.15) is 22.2 Å². The van der Waals surface area contributed by atoms with E-state index in [-0.39, 0.29) is 31.4 Å². The summed E-state index contributed by atoms with van der Waals surface area (Å²) in [6.45, 7) is 5.07. The second-order valence-corrected chi connectivity index (χ2v) is 7.29. The summed E-state index contributed by atoms with van der Waals surface area (Å²) in [7, 11) is 1.54. The topological polar surface area (TPSA) is 103 Å². The second-order valence-electron chi connectivity index (χ2n) is 6.29. The van der Waals surface area contributed by atoms with Gasteiger partial charge < -0.3 is 15.0 Å². The molecule has 1 saturated heterocycles. The van der Waals surface area contributed by atoms with E-state index in [0.717, 1.165) is 11.3 Å². The van der Waals surface area contributed by atoms with Crippen molar-refractivity contribution in [2.24, 2.45) is 0 Å². The van der Waals surface area contributed by atoms with Crippen LogP contribution in [0.3, 0.4) is 0 Å². The quantitative estimate of drug-likeness (QED) is 0.755. The van der Waals surface area contributed by atoms with Gasteiger partial charge in [0.2, 0.25) is 5.91 Å². The van der Waals surface area contributed by atoms with Crippen LogP contribution in [0.15, 0.2) is 9.59 Å². The number of amides is 2. The van der Waals surface area contributed by atoms with Crippen LogP contribution < -0.4 is 16.6 Å². The minimum atomic E-state index is -0.412. The number of hydrogen-bond donors (Lipinski definition) is 1. The van der Waals surface area contributed by atoms with Crippen LogP contribution in [-0.4, -0.2) is 59.2 Å². The average Bonchev–Trinajstić information content (AvgIpc) is 2.99. The smallest absolute Gasteiger partial charge is 0.332 e. The highest BCUT2D eigenvalue weighted by Gasteiger charge is 2.28. The first-order valence-electron chi connectivity index (χ1n) is 8.72. The number of carbonyl (C=O) groups is 2. The number of aryl methyl sites for hydroxylation is 1. The van der Waals surface area contributed by atoms with Crippen molar-refractivity contribution in [2.45, 2.75) is 26.9 Å². The summed E-state index contributed by atoms with van der Waals surface area (Å²) in [5.41, 5.74) is -0.260. The zero-order valence-corrected chi connectivity index (χ0v) is 16.4. The van der Waals surface area contributed by atoms with E-state index >= 15 is 0 Å². The maximum absolute atomic E-state index is 12.9. The fourth-order valence-electron chi connectivity index (χ4n) is 3.21. The van der Waals surface area contributed by atoms with Crippen molar-refractivity contribution < 1.29 is 14.3 Å². The molecule has 3 rings (SSSR count). The highest BCUT2D eigenvalue weighted by molar-refractivity contribution is 7.20. The number of nitrogens with zero attached hydrogens (tertiary/aromatic N) is 3. The maximum Gasteiger partial charge on any atom is 0.332 e. The Labute approximate surface area is 159 Å². The van der Waals surface area contributed by atoms with Crippen LogP contribution in [-0.2, 0) is 22.6 Å². The van der Waals surface area contributed by atoms with Gasteiger partial charge in [-0.05, 0) is 19.4 Å². The molecule has 1 fully saturated rings. The molecule has 1 aliphatic rings. The Morgan fingerprint density at radius 2 is 2.00 bits per heavy atom. The van der Waals surface area contributed by atoms with Gasteiger partial charge in [0.1, 0.15) is 4.83 Å². The largest absolute Gasteiger partial charge is 0.383 e. The van der Waals surface area contributed by atoms with Gasteiger partial charge in [0.25, 0.3) is 11.5 Å². The van der Waals surface area contributed by atoms with E-state index in [4.69, 9.17) is 4.74 Å². The Kier molecular flexibility index (Phi) is 5.47. The van der Waals surface area contributed by atoms with E-state index in [9.17, 15) is 19.2 Å². The van der Waals surface area contributed by atoms with Gasteiger partial charge in [0.15, 0.2) is 0 Å². The third-order valence-electron chi connectivity index (χ3n) is 4.65. The molecule has 1 N–H and O–H groups in total. The number of fused-ring (bicyclic) bond motifs is 1. The molecule has 0 bridgehead atoms. The summed E-state index contributed by atoms with van der Waals surface area (Å²) >= 11 is 1.12. The van der Waals surface area contributed by atoms with Gasteiger partial charge in [-0.25, -0.2) is 4.79 Å². The molecule has 1 aliphatic heterocycles. The molecule has 2 aromatic heterocycles. The van der Waals surface area contributed by atoms with Crippen molar-refractivity contribution in [1.82, 2.24) is 19.4 Å². The second kappa shape index (κ2) is 7.65. The Balaban J connectivity index is 2.19. The Morgan fingerprint density at radius 1 is 1.26 bits per heavy atom. The highest BCUT2D eigenvalue weighted by Crippen LogP contribution is 2.29. The molecule has 0 saturated carbocycles. The van der Waals surface area contributed by atoms with E-state index in [1.54, 1.807) is 13.8 Å². The summed E-state index contributed by atoms with van der Waals surface area (Å²) in [6.07, 6.45) is 0. The number of thiophene rings is 1. The van der Waals surface area contributed by atoms with Crippen molar-refractivity contribution in [1.29, 1.82) is 0 Å². The Morgan fingerprint density at radius 3 is 2.63 bits per heavy atom. The number of carbonyl (C=O) groups excluding carboxylic acids is 2.